The molecule has 28 heavy (non-hydrogen) atoms. The van der Waals surface area contributed by atoms with Crippen LogP contribution in [0.2, 0.25) is 0 Å². The second-order valence-electron chi connectivity index (χ2n) is 5.88. The van der Waals surface area contributed by atoms with Gasteiger partial charge in [-0.1, -0.05) is 18.2 Å². The number of para-hydroxylation sites is 1. The monoisotopic (exact) mass is 384 g/mol. The number of nitrogens with zero attached hydrogens (tertiary/aromatic N) is 2. The molecule has 0 bridgehead atoms. The highest BCUT2D eigenvalue weighted by Crippen LogP contribution is 2.18. The van der Waals surface area contributed by atoms with E-state index in [1.165, 1.54) is 6.07 Å². The molecule has 144 valence electrons. The maximum absolute atomic E-state index is 13.2. The van der Waals surface area contributed by atoms with E-state index < -0.39 is 17.5 Å². The van der Waals surface area contributed by atoms with Crippen LogP contribution < -0.4 is 15.4 Å². The Labute approximate surface area is 160 Å². The molecular weight excluding hydrogens is 366 g/mol. The van der Waals surface area contributed by atoms with E-state index in [1.807, 2.05) is 24.3 Å². The molecule has 0 aliphatic carbocycles. The average Bonchev–Trinajstić information content (AvgIpc) is 2.71. The zero-order valence-corrected chi connectivity index (χ0v) is 15.1. The fraction of sp³-hybridized carbons (Fsp3) is 0.150. The van der Waals surface area contributed by atoms with Gasteiger partial charge in [-0.05, 0) is 48.4 Å². The van der Waals surface area contributed by atoms with E-state index in [-0.39, 0.29) is 11.4 Å². The van der Waals surface area contributed by atoms with Gasteiger partial charge in [0, 0.05) is 12.1 Å². The summed E-state index contributed by atoms with van der Waals surface area (Å²) in [6.07, 6.45) is 0.736. The van der Waals surface area contributed by atoms with Crippen LogP contribution in [0.4, 0.5) is 20.4 Å². The van der Waals surface area contributed by atoms with Crippen molar-refractivity contribution in [2.45, 2.75) is 6.42 Å². The van der Waals surface area contributed by atoms with Crippen molar-refractivity contribution in [3.05, 3.63) is 77.4 Å². The lowest BCUT2D eigenvalue weighted by Gasteiger charge is -2.09. The summed E-state index contributed by atoms with van der Waals surface area (Å²) >= 11 is 0. The van der Waals surface area contributed by atoms with Gasteiger partial charge in [-0.15, -0.1) is 10.2 Å². The Hall–Kier alpha value is -3.55. The van der Waals surface area contributed by atoms with E-state index >= 15 is 0 Å². The zero-order chi connectivity index (χ0) is 19.9. The first-order valence-corrected chi connectivity index (χ1v) is 8.52. The number of amides is 1. The lowest BCUT2D eigenvalue weighted by molar-refractivity contribution is 0.102. The number of benzene rings is 2. The first-order chi connectivity index (χ1) is 13.6. The molecule has 2 aromatic carbocycles. The quantitative estimate of drug-likeness (QED) is 0.650. The molecule has 1 amide bonds. The van der Waals surface area contributed by atoms with Crippen LogP contribution in [-0.4, -0.2) is 29.8 Å². The molecule has 1 aromatic heterocycles. The molecule has 0 saturated heterocycles. The number of methoxy groups -OCH3 is 1. The minimum absolute atomic E-state index is 0.0142. The van der Waals surface area contributed by atoms with Crippen LogP contribution in [0, 0.1) is 11.6 Å². The number of hydrogen-bond donors (Lipinski definition) is 2. The second kappa shape index (κ2) is 8.90. The molecule has 0 unspecified atom stereocenters. The summed E-state index contributed by atoms with van der Waals surface area (Å²) in [4.78, 5) is 12.1. The van der Waals surface area contributed by atoms with E-state index in [9.17, 15) is 13.6 Å². The molecule has 0 radical (unpaired) electrons. The van der Waals surface area contributed by atoms with Crippen molar-refractivity contribution in [3.63, 3.8) is 0 Å². The van der Waals surface area contributed by atoms with E-state index in [0.717, 1.165) is 29.9 Å². The van der Waals surface area contributed by atoms with Crippen LogP contribution >= 0.6 is 0 Å². The number of nitrogens with one attached hydrogen (secondary N) is 2. The number of rotatable bonds is 7. The first kappa shape index (κ1) is 19.2. The molecule has 0 saturated carbocycles. The number of hydrogen-bond acceptors (Lipinski definition) is 5. The van der Waals surface area contributed by atoms with Crippen molar-refractivity contribution in [2.24, 2.45) is 0 Å². The molecule has 0 aliphatic heterocycles. The number of halogens is 2. The third-order valence-corrected chi connectivity index (χ3v) is 3.98. The predicted molar refractivity (Wildman–Crippen MR) is 102 cm³/mol. The first-order valence-electron chi connectivity index (χ1n) is 8.52. The Morgan fingerprint density at radius 2 is 1.75 bits per heavy atom. The average molecular weight is 384 g/mol. The Morgan fingerprint density at radius 1 is 1.00 bits per heavy atom. The minimum atomic E-state index is -1.09. The zero-order valence-electron chi connectivity index (χ0n) is 15.1. The molecule has 3 rings (SSSR count). The third kappa shape index (κ3) is 4.79. The Balaban J connectivity index is 1.54. The molecule has 6 nitrogen and oxygen atoms in total. The fourth-order valence-corrected chi connectivity index (χ4v) is 2.55. The van der Waals surface area contributed by atoms with E-state index in [4.69, 9.17) is 4.74 Å². The SMILES string of the molecule is COc1ccccc1CCNc1ccc(NC(=O)c2ccc(F)c(F)c2)nn1. The predicted octanol–water partition coefficient (Wildman–Crippen LogP) is 3.67. The van der Waals surface area contributed by atoms with Crippen molar-refractivity contribution < 1.29 is 18.3 Å². The topological polar surface area (TPSA) is 76.1 Å². The van der Waals surface area contributed by atoms with Crippen molar-refractivity contribution in [1.29, 1.82) is 0 Å². The van der Waals surface area contributed by atoms with E-state index in [1.54, 1.807) is 19.2 Å². The van der Waals surface area contributed by atoms with Gasteiger partial charge in [-0.25, -0.2) is 8.78 Å². The van der Waals surface area contributed by atoms with Crippen LogP contribution in [-0.2, 0) is 6.42 Å². The molecule has 0 atom stereocenters. The van der Waals surface area contributed by atoms with Gasteiger partial charge in [-0.3, -0.25) is 4.79 Å². The third-order valence-electron chi connectivity index (χ3n) is 3.98. The number of carbonyl (C=O) groups is 1. The van der Waals surface area contributed by atoms with E-state index in [0.29, 0.717) is 12.4 Å². The summed E-state index contributed by atoms with van der Waals surface area (Å²) in [5.41, 5.74) is 1.06. The van der Waals surface area contributed by atoms with Crippen LogP contribution in [0.3, 0.4) is 0 Å². The number of ether oxygens (including phenoxy) is 1. The normalized spacial score (nSPS) is 10.4. The molecule has 8 heteroatoms. The molecular formula is C20H18F2N4O2. The lowest BCUT2D eigenvalue weighted by Crippen LogP contribution is -2.14. The van der Waals surface area contributed by atoms with Crippen LogP contribution in [0.15, 0.2) is 54.6 Å². The van der Waals surface area contributed by atoms with E-state index in [2.05, 4.69) is 20.8 Å². The molecule has 0 aliphatic rings. The summed E-state index contributed by atoms with van der Waals surface area (Å²) in [6.45, 7) is 0.621. The maximum atomic E-state index is 13.2. The molecule has 1 heterocycles. The Kier molecular flexibility index (Phi) is 6.11. The van der Waals surface area contributed by atoms with Gasteiger partial charge < -0.3 is 15.4 Å². The molecule has 3 aromatic rings. The van der Waals surface area contributed by atoms with Gasteiger partial charge >= 0.3 is 0 Å². The van der Waals surface area contributed by atoms with Crippen molar-refractivity contribution >= 4 is 17.5 Å². The smallest absolute Gasteiger partial charge is 0.256 e. The number of carbonyl (C=O) groups excluding carboxylic acids is 1. The highest BCUT2D eigenvalue weighted by molar-refractivity contribution is 6.03. The summed E-state index contributed by atoms with van der Waals surface area (Å²) in [5.74, 6) is -1.14. The van der Waals surface area contributed by atoms with Gasteiger partial charge in [-0.2, -0.15) is 0 Å². The highest BCUT2D eigenvalue weighted by atomic mass is 19.2. The Morgan fingerprint density at radius 3 is 2.46 bits per heavy atom. The summed E-state index contributed by atoms with van der Waals surface area (Å²) < 4.78 is 31.5. The summed E-state index contributed by atoms with van der Waals surface area (Å²) in [5, 5.41) is 13.5. The molecule has 2 N–H and O–H groups in total. The second-order valence-corrected chi connectivity index (χ2v) is 5.88. The minimum Gasteiger partial charge on any atom is -0.496 e. The van der Waals surface area contributed by atoms with Gasteiger partial charge in [0.2, 0.25) is 0 Å². The standard InChI is InChI=1S/C20H18F2N4O2/c1-28-17-5-3-2-4-13(17)10-11-23-18-8-9-19(26-25-18)24-20(27)14-6-7-15(21)16(22)12-14/h2-9,12H,10-11H2,1H3,(H,23,25)(H,24,26,27). The van der Waals surface area contributed by atoms with Gasteiger partial charge in [0.15, 0.2) is 17.5 Å². The summed E-state index contributed by atoms with van der Waals surface area (Å²) in [6, 6.07) is 13.9. The number of aromatic nitrogens is 2. The van der Waals surface area contributed by atoms with Crippen LogP contribution in [0.5, 0.6) is 5.75 Å². The summed E-state index contributed by atoms with van der Waals surface area (Å²) in [7, 11) is 1.63. The molecule has 0 fully saturated rings. The van der Waals surface area contributed by atoms with Gasteiger partial charge in [0.1, 0.15) is 11.6 Å². The maximum Gasteiger partial charge on any atom is 0.256 e. The Bertz CT molecular complexity index is 965. The van der Waals surface area contributed by atoms with Crippen LogP contribution in [0.1, 0.15) is 15.9 Å². The van der Waals surface area contributed by atoms with Gasteiger partial charge in [0.25, 0.3) is 5.91 Å². The number of anilines is 2. The highest BCUT2D eigenvalue weighted by Gasteiger charge is 2.11. The van der Waals surface area contributed by atoms with Crippen LogP contribution in [0.25, 0.3) is 0 Å². The van der Waals surface area contributed by atoms with Gasteiger partial charge in [0.05, 0.1) is 7.11 Å². The van der Waals surface area contributed by atoms with Crippen molar-refractivity contribution in [3.8, 4) is 5.75 Å². The lowest BCUT2D eigenvalue weighted by atomic mass is 10.1. The van der Waals surface area contributed by atoms with Crippen molar-refractivity contribution in [1.82, 2.24) is 10.2 Å². The molecule has 0 spiro atoms. The van der Waals surface area contributed by atoms with Crippen molar-refractivity contribution in [2.75, 3.05) is 24.3 Å². The fourth-order valence-electron chi connectivity index (χ4n) is 2.55. The largest absolute Gasteiger partial charge is 0.496 e.